The van der Waals surface area contributed by atoms with Crippen LogP contribution in [0.5, 0.6) is 0 Å². The number of benzene rings is 2. The average Bonchev–Trinajstić information content (AvgIpc) is 3.19. The summed E-state index contributed by atoms with van der Waals surface area (Å²) < 4.78 is 13.4. The van der Waals surface area contributed by atoms with Gasteiger partial charge >= 0.3 is 0 Å². The van der Waals surface area contributed by atoms with E-state index in [0.717, 1.165) is 41.9 Å². The lowest BCUT2D eigenvalue weighted by atomic mass is 9.83. The fourth-order valence-corrected chi connectivity index (χ4v) is 3.79. The molecule has 128 valence electrons. The molecule has 0 saturated heterocycles. The molecule has 2 unspecified atom stereocenters. The molecule has 25 heavy (non-hydrogen) atoms. The van der Waals surface area contributed by atoms with Gasteiger partial charge < -0.3 is 5.73 Å². The normalized spacial score (nSPS) is 24.4. The van der Waals surface area contributed by atoms with Crippen molar-refractivity contribution in [3.8, 4) is 0 Å². The van der Waals surface area contributed by atoms with Gasteiger partial charge in [-0.25, -0.2) is 9.40 Å². The van der Waals surface area contributed by atoms with Gasteiger partial charge in [-0.1, -0.05) is 50.1 Å². The zero-order valence-electron chi connectivity index (χ0n) is 14.3. The standard InChI is InChI=1S/C21H22FN3/c1-2-3-9-18-20(15-10-12-16(22)13-11-15)24-25(21(18)14-19(21)23)17-7-5-4-6-8-17/h4-8,10-14,18H,2-3,9,23H2,1H3. The zero-order valence-corrected chi connectivity index (χ0v) is 14.3. The molecular weight excluding hydrogens is 313 g/mol. The van der Waals surface area contributed by atoms with Crippen LogP contribution in [-0.4, -0.2) is 11.3 Å². The second-order valence-corrected chi connectivity index (χ2v) is 6.76. The summed E-state index contributed by atoms with van der Waals surface area (Å²) in [5.41, 5.74) is 9.83. The molecular formula is C21H22FN3. The molecule has 2 N–H and O–H groups in total. The van der Waals surface area contributed by atoms with E-state index in [1.165, 1.54) is 12.1 Å². The Bertz CT molecular complexity index is 826. The van der Waals surface area contributed by atoms with E-state index in [1.807, 2.05) is 35.3 Å². The first-order chi connectivity index (χ1) is 12.2. The Morgan fingerprint density at radius 2 is 1.80 bits per heavy atom. The fraction of sp³-hybridized carbons (Fsp3) is 0.286. The van der Waals surface area contributed by atoms with Crippen LogP contribution in [0.4, 0.5) is 10.1 Å². The van der Waals surface area contributed by atoms with Gasteiger partial charge in [-0.05, 0) is 42.3 Å². The van der Waals surface area contributed by atoms with Crippen LogP contribution in [0.15, 0.2) is 71.5 Å². The Morgan fingerprint density at radius 3 is 2.40 bits per heavy atom. The summed E-state index contributed by atoms with van der Waals surface area (Å²) in [6.07, 6.45) is 5.35. The van der Waals surface area contributed by atoms with Gasteiger partial charge in [0.2, 0.25) is 0 Å². The Kier molecular flexibility index (Phi) is 3.83. The predicted molar refractivity (Wildman–Crippen MR) is 99.9 cm³/mol. The third-order valence-corrected chi connectivity index (χ3v) is 5.16. The number of anilines is 1. The van der Waals surface area contributed by atoms with Gasteiger partial charge in [0.05, 0.1) is 11.4 Å². The Balaban J connectivity index is 1.78. The number of hydrogen-bond acceptors (Lipinski definition) is 3. The monoisotopic (exact) mass is 335 g/mol. The molecule has 4 heteroatoms. The number of rotatable bonds is 5. The molecule has 4 rings (SSSR count). The number of halogens is 1. The van der Waals surface area contributed by atoms with E-state index in [0.29, 0.717) is 0 Å². The Labute approximate surface area is 147 Å². The number of para-hydroxylation sites is 1. The lowest BCUT2D eigenvalue weighted by Gasteiger charge is -2.29. The van der Waals surface area contributed by atoms with Crippen molar-refractivity contribution in [2.24, 2.45) is 16.8 Å². The van der Waals surface area contributed by atoms with E-state index in [-0.39, 0.29) is 17.3 Å². The maximum atomic E-state index is 13.4. The lowest BCUT2D eigenvalue weighted by Crippen LogP contribution is -2.41. The van der Waals surface area contributed by atoms with Crippen LogP contribution < -0.4 is 10.7 Å². The molecule has 1 aliphatic heterocycles. The van der Waals surface area contributed by atoms with Crippen molar-refractivity contribution in [3.63, 3.8) is 0 Å². The van der Waals surface area contributed by atoms with Gasteiger partial charge in [-0.2, -0.15) is 5.10 Å². The Hall–Kier alpha value is -2.62. The lowest BCUT2D eigenvalue weighted by molar-refractivity contribution is 0.488. The molecule has 0 radical (unpaired) electrons. The molecule has 2 atom stereocenters. The molecule has 1 heterocycles. The first-order valence-electron chi connectivity index (χ1n) is 8.85. The van der Waals surface area contributed by atoms with Crippen molar-refractivity contribution < 1.29 is 4.39 Å². The third kappa shape index (κ3) is 2.53. The topological polar surface area (TPSA) is 41.6 Å². The van der Waals surface area contributed by atoms with Gasteiger partial charge in [0.25, 0.3) is 0 Å². The first kappa shape index (κ1) is 15.9. The Morgan fingerprint density at radius 1 is 1.12 bits per heavy atom. The highest BCUT2D eigenvalue weighted by atomic mass is 19.1. The van der Waals surface area contributed by atoms with E-state index in [2.05, 4.69) is 25.1 Å². The number of hydrazone groups is 1. The van der Waals surface area contributed by atoms with Crippen LogP contribution in [0.1, 0.15) is 31.7 Å². The summed E-state index contributed by atoms with van der Waals surface area (Å²) in [5, 5.41) is 7.00. The van der Waals surface area contributed by atoms with Gasteiger partial charge in [0, 0.05) is 11.6 Å². The molecule has 0 saturated carbocycles. The van der Waals surface area contributed by atoms with Gasteiger partial charge in [0.15, 0.2) is 0 Å². The van der Waals surface area contributed by atoms with Crippen LogP contribution in [0.3, 0.4) is 0 Å². The molecule has 2 aromatic carbocycles. The smallest absolute Gasteiger partial charge is 0.131 e. The summed E-state index contributed by atoms with van der Waals surface area (Å²) in [7, 11) is 0. The number of nitrogens with two attached hydrogens (primary N) is 1. The highest BCUT2D eigenvalue weighted by Crippen LogP contribution is 2.52. The number of unbranched alkanes of at least 4 members (excludes halogenated alkanes) is 1. The minimum atomic E-state index is -0.333. The largest absolute Gasteiger partial charge is 0.400 e. The van der Waals surface area contributed by atoms with E-state index in [1.54, 1.807) is 0 Å². The molecule has 0 fully saturated rings. The molecule has 2 aliphatic rings. The molecule has 1 spiro atoms. The minimum Gasteiger partial charge on any atom is -0.400 e. The maximum absolute atomic E-state index is 13.4. The second kappa shape index (κ2) is 6.03. The highest BCUT2D eigenvalue weighted by molar-refractivity contribution is 6.07. The summed E-state index contributed by atoms with van der Waals surface area (Å²) in [5.74, 6) is -0.0377. The van der Waals surface area contributed by atoms with Crippen molar-refractivity contribution in [1.82, 2.24) is 0 Å². The summed E-state index contributed by atoms with van der Waals surface area (Å²) in [4.78, 5) is 0. The first-order valence-corrected chi connectivity index (χ1v) is 8.85. The van der Waals surface area contributed by atoms with Crippen LogP contribution in [0.2, 0.25) is 0 Å². The van der Waals surface area contributed by atoms with E-state index in [9.17, 15) is 4.39 Å². The van der Waals surface area contributed by atoms with Crippen LogP contribution >= 0.6 is 0 Å². The molecule has 2 aromatic rings. The van der Waals surface area contributed by atoms with Crippen molar-refractivity contribution in [1.29, 1.82) is 0 Å². The summed E-state index contributed by atoms with van der Waals surface area (Å²) in [6.45, 7) is 2.19. The average molecular weight is 335 g/mol. The van der Waals surface area contributed by atoms with Crippen LogP contribution in [-0.2, 0) is 0 Å². The third-order valence-electron chi connectivity index (χ3n) is 5.16. The number of nitrogens with zero attached hydrogens (tertiary/aromatic N) is 2. The van der Waals surface area contributed by atoms with E-state index in [4.69, 9.17) is 10.8 Å². The van der Waals surface area contributed by atoms with Crippen molar-refractivity contribution in [3.05, 3.63) is 77.8 Å². The molecule has 1 aliphatic carbocycles. The summed E-state index contributed by atoms with van der Waals surface area (Å²) in [6, 6.07) is 16.7. The predicted octanol–water partition coefficient (Wildman–Crippen LogP) is 4.45. The molecule has 0 amide bonds. The zero-order chi connectivity index (χ0) is 17.4. The quantitative estimate of drug-likeness (QED) is 0.877. The van der Waals surface area contributed by atoms with Gasteiger partial charge in [-0.15, -0.1) is 0 Å². The van der Waals surface area contributed by atoms with Gasteiger partial charge in [-0.3, -0.25) is 0 Å². The van der Waals surface area contributed by atoms with Crippen molar-refractivity contribution in [2.45, 2.75) is 31.7 Å². The van der Waals surface area contributed by atoms with E-state index >= 15 is 0 Å². The fourth-order valence-electron chi connectivity index (χ4n) is 3.79. The highest BCUT2D eigenvalue weighted by Gasteiger charge is 2.59. The van der Waals surface area contributed by atoms with E-state index < -0.39 is 0 Å². The molecule has 0 bridgehead atoms. The SMILES string of the molecule is CCCCC1C(c2ccc(F)cc2)=NN(c2ccccc2)C12C=C2N. The van der Waals surface area contributed by atoms with Crippen molar-refractivity contribution in [2.75, 3.05) is 5.01 Å². The summed E-state index contributed by atoms with van der Waals surface area (Å²) >= 11 is 0. The minimum absolute atomic E-state index is 0.193. The van der Waals surface area contributed by atoms with Crippen LogP contribution in [0.25, 0.3) is 0 Å². The second-order valence-electron chi connectivity index (χ2n) is 6.76. The molecule has 0 aromatic heterocycles. The van der Waals surface area contributed by atoms with Gasteiger partial charge in [0.1, 0.15) is 11.4 Å². The maximum Gasteiger partial charge on any atom is 0.131 e. The molecule has 3 nitrogen and oxygen atoms in total. The van der Waals surface area contributed by atoms with Crippen LogP contribution in [0, 0.1) is 11.7 Å². The number of hydrogen-bond donors (Lipinski definition) is 1. The van der Waals surface area contributed by atoms with Crippen molar-refractivity contribution >= 4 is 11.4 Å².